The molecule has 0 saturated carbocycles. The van der Waals surface area contributed by atoms with Crippen molar-refractivity contribution in [1.82, 2.24) is 0 Å². The molecule has 78 valence electrons. The van der Waals surface area contributed by atoms with Crippen molar-refractivity contribution in [3.05, 3.63) is 56.7 Å². The maximum absolute atomic E-state index is 6.11. The van der Waals surface area contributed by atoms with Crippen molar-refractivity contribution in [3.8, 4) is 0 Å². The maximum atomic E-state index is 6.11. The van der Waals surface area contributed by atoms with Crippen LogP contribution in [-0.2, 0) is 6.42 Å². The molecule has 0 aliphatic carbocycles. The van der Waals surface area contributed by atoms with Crippen molar-refractivity contribution in [2.75, 3.05) is 0 Å². The molecular formula is C12H12BrNS. The molecule has 1 aromatic heterocycles. The quantitative estimate of drug-likeness (QED) is 0.911. The van der Waals surface area contributed by atoms with Gasteiger partial charge in [-0.2, -0.15) is 0 Å². The van der Waals surface area contributed by atoms with Crippen molar-refractivity contribution < 1.29 is 0 Å². The predicted octanol–water partition coefficient (Wildman–Crippen LogP) is 3.75. The Morgan fingerprint density at radius 1 is 1.20 bits per heavy atom. The zero-order valence-corrected chi connectivity index (χ0v) is 10.6. The first-order chi connectivity index (χ1) is 7.25. The molecule has 0 fully saturated rings. The SMILES string of the molecule is NC(Cc1ccc(Br)cc1)c1cccs1. The van der Waals surface area contributed by atoms with Gasteiger partial charge in [0.05, 0.1) is 0 Å². The summed E-state index contributed by atoms with van der Waals surface area (Å²) in [4.78, 5) is 1.25. The Kier molecular flexibility index (Phi) is 3.57. The second-order valence-corrected chi connectivity index (χ2v) is 5.35. The molecule has 1 nitrogen and oxygen atoms in total. The molecule has 1 unspecified atom stereocenters. The van der Waals surface area contributed by atoms with Crippen molar-refractivity contribution in [2.24, 2.45) is 5.73 Å². The highest BCUT2D eigenvalue weighted by Crippen LogP contribution is 2.21. The summed E-state index contributed by atoms with van der Waals surface area (Å²) in [5.41, 5.74) is 7.39. The van der Waals surface area contributed by atoms with Crippen molar-refractivity contribution >= 4 is 27.3 Å². The van der Waals surface area contributed by atoms with E-state index in [9.17, 15) is 0 Å². The Hall–Kier alpha value is -0.640. The van der Waals surface area contributed by atoms with Crippen molar-refractivity contribution in [1.29, 1.82) is 0 Å². The molecule has 0 spiro atoms. The summed E-state index contributed by atoms with van der Waals surface area (Å²) in [6.07, 6.45) is 0.897. The maximum Gasteiger partial charge on any atom is 0.0430 e. The Balaban J connectivity index is 2.06. The summed E-state index contributed by atoms with van der Waals surface area (Å²) in [5.74, 6) is 0. The Bertz CT molecular complexity index is 408. The Morgan fingerprint density at radius 3 is 2.53 bits per heavy atom. The van der Waals surface area contributed by atoms with Crippen LogP contribution in [0.25, 0.3) is 0 Å². The minimum Gasteiger partial charge on any atom is -0.323 e. The molecule has 0 saturated heterocycles. The molecular weight excluding hydrogens is 270 g/mol. The molecule has 1 aromatic carbocycles. The molecule has 0 radical (unpaired) electrons. The van der Waals surface area contributed by atoms with Crippen LogP contribution in [0.5, 0.6) is 0 Å². The molecule has 15 heavy (non-hydrogen) atoms. The van der Waals surface area contributed by atoms with Gasteiger partial charge in [-0.05, 0) is 35.6 Å². The number of hydrogen-bond donors (Lipinski definition) is 1. The second kappa shape index (κ2) is 4.92. The first-order valence-corrected chi connectivity index (χ1v) is 6.46. The number of thiophene rings is 1. The third-order valence-corrected chi connectivity index (χ3v) is 3.81. The van der Waals surface area contributed by atoms with E-state index in [0.717, 1.165) is 10.9 Å². The molecule has 2 N–H and O–H groups in total. The number of halogens is 1. The van der Waals surface area contributed by atoms with Crippen LogP contribution < -0.4 is 5.73 Å². The minimum absolute atomic E-state index is 0.117. The standard InChI is InChI=1S/C12H12BrNS/c13-10-5-3-9(4-6-10)8-11(14)12-2-1-7-15-12/h1-7,11H,8,14H2. The lowest BCUT2D eigenvalue weighted by Crippen LogP contribution is -2.11. The summed E-state index contributed by atoms with van der Waals surface area (Å²) in [7, 11) is 0. The molecule has 0 bridgehead atoms. The Morgan fingerprint density at radius 2 is 1.93 bits per heavy atom. The molecule has 0 aliphatic heterocycles. The lowest BCUT2D eigenvalue weighted by atomic mass is 10.1. The van der Waals surface area contributed by atoms with Gasteiger partial charge in [-0.15, -0.1) is 11.3 Å². The monoisotopic (exact) mass is 281 g/mol. The van der Waals surface area contributed by atoms with E-state index in [1.165, 1.54) is 10.4 Å². The zero-order chi connectivity index (χ0) is 10.7. The van der Waals surface area contributed by atoms with Crippen LogP contribution >= 0.6 is 27.3 Å². The summed E-state index contributed by atoms with van der Waals surface area (Å²) in [6.45, 7) is 0. The van der Waals surface area contributed by atoms with Gasteiger partial charge in [0.2, 0.25) is 0 Å². The van der Waals surface area contributed by atoms with E-state index < -0.39 is 0 Å². The van der Waals surface area contributed by atoms with Crippen LogP contribution in [0.3, 0.4) is 0 Å². The summed E-state index contributed by atoms with van der Waals surface area (Å²) in [5, 5.41) is 2.07. The fourth-order valence-corrected chi connectivity index (χ4v) is 2.47. The van der Waals surface area contributed by atoms with E-state index in [1.54, 1.807) is 11.3 Å². The van der Waals surface area contributed by atoms with Crippen molar-refractivity contribution in [3.63, 3.8) is 0 Å². The first kappa shape index (κ1) is 10.9. The van der Waals surface area contributed by atoms with Crippen LogP contribution in [0, 0.1) is 0 Å². The van der Waals surface area contributed by atoms with Crippen LogP contribution in [0.1, 0.15) is 16.5 Å². The highest BCUT2D eigenvalue weighted by Gasteiger charge is 2.07. The lowest BCUT2D eigenvalue weighted by Gasteiger charge is -2.09. The normalized spacial score (nSPS) is 12.7. The molecule has 2 rings (SSSR count). The number of hydrogen-bond acceptors (Lipinski definition) is 2. The minimum atomic E-state index is 0.117. The van der Waals surface area contributed by atoms with Crippen molar-refractivity contribution in [2.45, 2.75) is 12.5 Å². The molecule has 1 heterocycles. The smallest absolute Gasteiger partial charge is 0.0430 e. The first-order valence-electron chi connectivity index (χ1n) is 4.79. The van der Waals surface area contributed by atoms with Gasteiger partial charge in [-0.1, -0.05) is 34.1 Å². The van der Waals surface area contributed by atoms with Gasteiger partial charge in [0.15, 0.2) is 0 Å². The van der Waals surface area contributed by atoms with E-state index in [2.05, 4.69) is 51.6 Å². The van der Waals surface area contributed by atoms with Crippen LogP contribution in [-0.4, -0.2) is 0 Å². The average molecular weight is 282 g/mol. The third-order valence-electron chi connectivity index (χ3n) is 2.28. The highest BCUT2D eigenvalue weighted by molar-refractivity contribution is 9.10. The third kappa shape index (κ3) is 2.91. The largest absolute Gasteiger partial charge is 0.323 e. The zero-order valence-electron chi connectivity index (χ0n) is 8.19. The molecule has 2 aromatic rings. The van der Waals surface area contributed by atoms with E-state index in [4.69, 9.17) is 5.73 Å². The van der Waals surface area contributed by atoms with Crippen LogP contribution in [0.2, 0.25) is 0 Å². The second-order valence-electron chi connectivity index (χ2n) is 3.45. The number of rotatable bonds is 3. The van der Waals surface area contributed by atoms with Crippen LogP contribution in [0.4, 0.5) is 0 Å². The van der Waals surface area contributed by atoms with E-state index in [1.807, 2.05) is 6.07 Å². The number of benzene rings is 1. The number of nitrogens with two attached hydrogens (primary N) is 1. The van der Waals surface area contributed by atoms with E-state index in [0.29, 0.717) is 0 Å². The van der Waals surface area contributed by atoms with Gasteiger partial charge in [0, 0.05) is 15.4 Å². The van der Waals surface area contributed by atoms with E-state index in [-0.39, 0.29) is 6.04 Å². The van der Waals surface area contributed by atoms with Gasteiger partial charge in [0.25, 0.3) is 0 Å². The van der Waals surface area contributed by atoms with Gasteiger partial charge >= 0.3 is 0 Å². The van der Waals surface area contributed by atoms with Gasteiger partial charge in [-0.3, -0.25) is 0 Å². The molecule has 0 amide bonds. The fraction of sp³-hybridized carbons (Fsp3) is 0.167. The fourth-order valence-electron chi connectivity index (χ4n) is 1.48. The molecule has 3 heteroatoms. The highest BCUT2D eigenvalue weighted by atomic mass is 79.9. The van der Waals surface area contributed by atoms with Gasteiger partial charge in [0.1, 0.15) is 0 Å². The van der Waals surface area contributed by atoms with Crippen LogP contribution in [0.15, 0.2) is 46.3 Å². The Labute approximate surface area is 102 Å². The lowest BCUT2D eigenvalue weighted by molar-refractivity contribution is 0.736. The molecule has 0 aliphatic rings. The topological polar surface area (TPSA) is 26.0 Å². The van der Waals surface area contributed by atoms with Gasteiger partial charge in [-0.25, -0.2) is 0 Å². The summed E-state index contributed by atoms with van der Waals surface area (Å²) < 4.78 is 1.11. The summed E-state index contributed by atoms with van der Waals surface area (Å²) in [6, 6.07) is 12.6. The predicted molar refractivity (Wildman–Crippen MR) is 69.1 cm³/mol. The average Bonchev–Trinajstić information content (AvgIpc) is 2.74. The molecule has 1 atom stereocenters. The summed E-state index contributed by atoms with van der Waals surface area (Å²) >= 11 is 5.14. The van der Waals surface area contributed by atoms with E-state index >= 15 is 0 Å². The van der Waals surface area contributed by atoms with Gasteiger partial charge < -0.3 is 5.73 Å².